The molecule has 1 rings (SSSR count). The van der Waals surface area contributed by atoms with Crippen LogP contribution in [0.2, 0.25) is 0 Å². The van der Waals surface area contributed by atoms with E-state index in [2.05, 4.69) is 12.2 Å². The fraction of sp³-hybridized carbons (Fsp3) is 0.364. The van der Waals surface area contributed by atoms with Gasteiger partial charge in [-0.3, -0.25) is 0 Å². The number of hydrogen-bond donors (Lipinski definition) is 1. The average molecular weight is 263 g/mol. The summed E-state index contributed by atoms with van der Waals surface area (Å²) in [7, 11) is 0. The van der Waals surface area contributed by atoms with Crippen molar-refractivity contribution in [1.82, 2.24) is 0 Å². The van der Waals surface area contributed by atoms with E-state index in [0.29, 0.717) is 5.75 Å². The standard InChI is InChI=1S/C11H12F3NOS/c1-7-2-4-8(5-3-7)16-6-9(10(15)17)11(12,13)14/h2-5,9H,6H2,1H3,(H2,15,17). The van der Waals surface area contributed by atoms with Crippen LogP contribution in [0.3, 0.4) is 0 Å². The van der Waals surface area contributed by atoms with Gasteiger partial charge in [-0.25, -0.2) is 0 Å². The summed E-state index contributed by atoms with van der Waals surface area (Å²) in [6.45, 7) is 1.28. The predicted molar refractivity (Wildman–Crippen MR) is 63.0 cm³/mol. The second kappa shape index (κ2) is 5.35. The van der Waals surface area contributed by atoms with Crippen LogP contribution in [0, 0.1) is 12.8 Å². The van der Waals surface area contributed by atoms with Gasteiger partial charge < -0.3 is 10.5 Å². The summed E-state index contributed by atoms with van der Waals surface area (Å²) in [4.78, 5) is -0.607. The molecule has 0 saturated carbocycles. The van der Waals surface area contributed by atoms with Gasteiger partial charge in [0.2, 0.25) is 0 Å². The van der Waals surface area contributed by atoms with Crippen LogP contribution < -0.4 is 10.5 Å². The molecule has 1 unspecified atom stereocenters. The van der Waals surface area contributed by atoms with Gasteiger partial charge in [0.25, 0.3) is 0 Å². The molecule has 0 spiro atoms. The number of nitrogens with two attached hydrogens (primary N) is 1. The van der Waals surface area contributed by atoms with Gasteiger partial charge in [-0.1, -0.05) is 29.9 Å². The minimum Gasteiger partial charge on any atom is -0.493 e. The van der Waals surface area contributed by atoms with E-state index in [9.17, 15) is 13.2 Å². The molecule has 0 aliphatic heterocycles. The largest absolute Gasteiger partial charge is 0.493 e. The van der Waals surface area contributed by atoms with E-state index in [1.54, 1.807) is 24.3 Å². The highest BCUT2D eigenvalue weighted by atomic mass is 32.1. The summed E-state index contributed by atoms with van der Waals surface area (Å²) in [6.07, 6.45) is -4.48. The molecule has 0 aliphatic carbocycles. The second-order valence-corrected chi connectivity index (χ2v) is 4.09. The van der Waals surface area contributed by atoms with Gasteiger partial charge >= 0.3 is 6.18 Å². The minimum atomic E-state index is -4.48. The van der Waals surface area contributed by atoms with Crippen LogP contribution in [0.5, 0.6) is 5.75 Å². The molecule has 1 aromatic rings. The zero-order chi connectivity index (χ0) is 13.1. The summed E-state index contributed by atoms with van der Waals surface area (Å²) < 4.78 is 42.5. The number of thiocarbonyl (C=S) groups is 1. The van der Waals surface area contributed by atoms with Crippen molar-refractivity contribution in [2.75, 3.05) is 6.61 Å². The third kappa shape index (κ3) is 4.22. The first kappa shape index (κ1) is 13.8. The Hall–Kier alpha value is -1.30. The van der Waals surface area contributed by atoms with E-state index in [0.717, 1.165) is 5.56 Å². The second-order valence-electron chi connectivity index (χ2n) is 3.62. The van der Waals surface area contributed by atoms with Gasteiger partial charge in [-0.15, -0.1) is 0 Å². The molecule has 1 aromatic carbocycles. The number of halogens is 3. The molecule has 94 valence electrons. The summed E-state index contributed by atoms with van der Waals surface area (Å²) in [6, 6.07) is 6.70. The fourth-order valence-electron chi connectivity index (χ4n) is 1.15. The Balaban J connectivity index is 2.65. The minimum absolute atomic E-state index is 0.362. The maximum Gasteiger partial charge on any atom is 0.401 e. The highest BCUT2D eigenvalue weighted by Crippen LogP contribution is 2.27. The van der Waals surface area contributed by atoms with E-state index in [4.69, 9.17) is 10.5 Å². The molecular weight excluding hydrogens is 251 g/mol. The van der Waals surface area contributed by atoms with Gasteiger partial charge in [-0.05, 0) is 19.1 Å². The van der Waals surface area contributed by atoms with Crippen molar-refractivity contribution in [3.05, 3.63) is 29.8 Å². The molecule has 17 heavy (non-hydrogen) atoms. The molecule has 0 bridgehead atoms. The van der Waals surface area contributed by atoms with Crippen molar-refractivity contribution < 1.29 is 17.9 Å². The van der Waals surface area contributed by atoms with E-state index in [-0.39, 0.29) is 0 Å². The molecular formula is C11H12F3NOS. The average Bonchev–Trinajstić information content (AvgIpc) is 2.18. The third-order valence-corrected chi connectivity index (χ3v) is 2.46. The molecule has 0 amide bonds. The summed E-state index contributed by atoms with van der Waals surface area (Å²) in [5.41, 5.74) is 6.04. The number of alkyl halides is 3. The lowest BCUT2D eigenvalue weighted by Gasteiger charge is -2.19. The Kier molecular flexibility index (Phi) is 4.34. The highest BCUT2D eigenvalue weighted by Gasteiger charge is 2.42. The molecule has 0 aromatic heterocycles. The van der Waals surface area contributed by atoms with E-state index in [1.807, 2.05) is 6.92 Å². The van der Waals surface area contributed by atoms with Gasteiger partial charge in [0.1, 0.15) is 18.3 Å². The van der Waals surface area contributed by atoms with Gasteiger partial charge in [0.15, 0.2) is 0 Å². The molecule has 6 heteroatoms. The maximum absolute atomic E-state index is 12.5. The Morgan fingerprint density at radius 2 is 1.88 bits per heavy atom. The lowest BCUT2D eigenvalue weighted by molar-refractivity contribution is -0.161. The lowest BCUT2D eigenvalue weighted by atomic mass is 10.1. The smallest absolute Gasteiger partial charge is 0.401 e. The summed E-state index contributed by atoms with van der Waals surface area (Å²) >= 11 is 4.38. The third-order valence-electron chi connectivity index (χ3n) is 2.18. The fourth-order valence-corrected chi connectivity index (χ4v) is 1.35. The maximum atomic E-state index is 12.5. The lowest BCUT2D eigenvalue weighted by Crippen LogP contribution is -2.38. The number of rotatable bonds is 4. The van der Waals surface area contributed by atoms with Crippen molar-refractivity contribution in [3.8, 4) is 5.75 Å². The van der Waals surface area contributed by atoms with E-state index in [1.165, 1.54) is 0 Å². The monoisotopic (exact) mass is 263 g/mol. The summed E-state index contributed by atoms with van der Waals surface area (Å²) in [5.74, 6) is -1.56. The first-order chi connectivity index (χ1) is 7.80. The normalized spacial score (nSPS) is 13.2. The van der Waals surface area contributed by atoms with Crippen LogP contribution in [-0.4, -0.2) is 17.8 Å². The van der Waals surface area contributed by atoms with Crippen molar-refractivity contribution in [2.45, 2.75) is 13.1 Å². The molecule has 0 aliphatic rings. The quantitative estimate of drug-likeness (QED) is 0.848. The number of aryl methyl sites for hydroxylation is 1. The van der Waals surface area contributed by atoms with Crippen LogP contribution in [0.15, 0.2) is 24.3 Å². The van der Waals surface area contributed by atoms with Crippen LogP contribution in [0.25, 0.3) is 0 Å². The number of benzene rings is 1. The highest BCUT2D eigenvalue weighted by molar-refractivity contribution is 7.80. The topological polar surface area (TPSA) is 35.2 Å². The van der Waals surface area contributed by atoms with E-state index >= 15 is 0 Å². The predicted octanol–water partition coefficient (Wildman–Crippen LogP) is 2.84. The summed E-state index contributed by atoms with van der Waals surface area (Å²) in [5, 5.41) is 0. The molecule has 0 saturated heterocycles. The van der Waals surface area contributed by atoms with Gasteiger partial charge in [-0.2, -0.15) is 13.2 Å². The Morgan fingerprint density at radius 3 is 2.29 bits per heavy atom. The van der Waals surface area contributed by atoms with Crippen molar-refractivity contribution in [3.63, 3.8) is 0 Å². The first-order valence-corrected chi connectivity index (χ1v) is 5.27. The Morgan fingerprint density at radius 1 is 1.35 bits per heavy atom. The van der Waals surface area contributed by atoms with Crippen molar-refractivity contribution >= 4 is 17.2 Å². The molecule has 0 radical (unpaired) electrons. The molecule has 0 fully saturated rings. The van der Waals surface area contributed by atoms with Crippen molar-refractivity contribution in [2.24, 2.45) is 11.7 Å². The van der Waals surface area contributed by atoms with Crippen LogP contribution >= 0.6 is 12.2 Å². The zero-order valence-electron chi connectivity index (χ0n) is 9.12. The number of hydrogen-bond acceptors (Lipinski definition) is 2. The molecule has 0 heterocycles. The number of ether oxygens (including phenoxy) is 1. The first-order valence-electron chi connectivity index (χ1n) is 4.86. The van der Waals surface area contributed by atoms with Crippen LogP contribution in [0.4, 0.5) is 13.2 Å². The SMILES string of the molecule is Cc1ccc(OCC(C(N)=S)C(F)(F)F)cc1. The van der Waals surface area contributed by atoms with E-state index < -0.39 is 23.7 Å². The van der Waals surface area contributed by atoms with Crippen molar-refractivity contribution in [1.29, 1.82) is 0 Å². The Bertz CT molecular complexity index is 389. The van der Waals surface area contributed by atoms with Crippen LogP contribution in [0.1, 0.15) is 5.56 Å². The molecule has 1 atom stereocenters. The molecule has 2 nitrogen and oxygen atoms in total. The zero-order valence-corrected chi connectivity index (χ0v) is 9.94. The Labute approximate surface area is 103 Å². The van der Waals surface area contributed by atoms with Gasteiger partial charge in [0.05, 0.1) is 4.99 Å². The molecule has 2 N–H and O–H groups in total. The van der Waals surface area contributed by atoms with Crippen LogP contribution in [-0.2, 0) is 0 Å². The van der Waals surface area contributed by atoms with Gasteiger partial charge in [0, 0.05) is 0 Å².